The molecular formula is C11H19NO4. The fraction of sp³-hybridized carbons (Fsp3) is 0.727. The van der Waals surface area contributed by atoms with Crippen molar-refractivity contribution in [2.45, 2.75) is 39.2 Å². The molecule has 0 aromatic carbocycles. The molecule has 0 spiro atoms. The van der Waals surface area contributed by atoms with E-state index in [9.17, 15) is 14.4 Å². The number of Topliss-reactive ketones (excluding diaryl/α,β-unsaturated/α-hetero) is 2. The van der Waals surface area contributed by atoms with Crippen molar-refractivity contribution in [1.29, 1.82) is 0 Å². The van der Waals surface area contributed by atoms with Gasteiger partial charge in [0.25, 0.3) is 0 Å². The first-order chi connectivity index (χ1) is 7.38. The monoisotopic (exact) mass is 229 g/mol. The summed E-state index contributed by atoms with van der Waals surface area (Å²) < 4.78 is 4.49. The predicted molar refractivity (Wildman–Crippen MR) is 58.7 cm³/mol. The van der Waals surface area contributed by atoms with E-state index in [1.54, 1.807) is 0 Å². The molecule has 0 aliphatic heterocycles. The van der Waals surface area contributed by atoms with Gasteiger partial charge in [0.15, 0.2) is 11.6 Å². The highest BCUT2D eigenvalue weighted by molar-refractivity contribution is 6.36. The van der Waals surface area contributed by atoms with Gasteiger partial charge in [-0.3, -0.25) is 14.4 Å². The Morgan fingerprint density at radius 1 is 1.31 bits per heavy atom. The lowest BCUT2D eigenvalue weighted by Crippen LogP contribution is -2.33. The van der Waals surface area contributed by atoms with Gasteiger partial charge in [-0.15, -0.1) is 0 Å². The Balaban J connectivity index is 3.91. The fourth-order valence-corrected chi connectivity index (χ4v) is 1.35. The molecule has 0 aliphatic rings. The standard InChI is InChI=1S/C11H19NO4/c1-7(4-5-10(14)8(2)13)6-9(12)11(15)16-3/h7,9H,4-6,12H2,1-3H3. The average molecular weight is 229 g/mol. The van der Waals surface area contributed by atoms with Crippen LogP contribution in [0.4, 0.5) is 0 Å². The number of ketones is 2. The van der Waals surface area contributed by atoms with Gasteiger partial charge in [0.05, 0.1) is 7.11 Å². The van der Waals surface area contributed by atoms with Crippen LogP contribution in [0.3, 0.4) is 0 Å². The Hall–Kier alpha value is -1.23. The molecule has 2 N–H and O–H groups in total. The summed E-state index contributed by atoms with van der Waals surface area (Å²) in [5.74, 6) is -1.15. The maximum absolute atomic E-state index is 11.1. The molecule has 5 heteroatoms. The molecule has 2 atom stereocenters. The van der Waals surface area contributed by atoms with E-state index in [1.807, 2.05) is 6.92 Å². The number of carbonyl (C=O) groups excluding carboxylic acids is 3. The van der Waals surface area contributed by atoms with Crippen molar-refractivity contribution in [3.8, 4) is 0 Å². The zero-order valence-corrected chi connectivity index (χ0v) is 9.99. The second-order valence-corrected chi connectivity index (χ2v) is 3.99. The SMILES string of the molecule is COC(=O)C(N)CC(C)CCC(=O)C(C)=O. The van der Waals surface area contributed by atoms with Gasteiger partial charge in [-0.2, -0.15) is 0 Å². The molecule has 0 fully saturated rings. The fourth-order valence-electron chi connectivity index (χ4n) is 1.35. The quantitative estimate of drug-likeness (QED) is 0.506. The Labute approximate surface area is 95.3 Å². The zero-order valence-electron chi connectivity index (χ0n) is 9.99. The third-order valence-corrected chi connectivity index (χ3v) is 2.42. The Kier molecular flexibility index (Phi) is 6.56. The molecule has 92 valence electrons. The average Bonchev–Trinajstić information content (AvgIpc) is 2.24. The number of carbonyl (C=O) groups is 3. The molecule has 0 bridgehead atoms. The topological polar surface area (TPSA) is 86.5 Å². The molecule has 0 aliphatic carbocycles. The van der Waals surface area contributed by atoms with Crippen molar-refractivity contribution in [3.05, 3.63) is 0 Å². The van der Waals surface area contributed by atoms with Gasteiger partial charge in [0.2, 0.25) is 0 Å². The number of ether oxygens (including phenoxy) is 1. The van der Waals surface area contributed by atoms with Crippen LogP contribution >= 0.6 is 0 Å². The van der Waals surface area contributed by atoms with Crippen LogP contribution in [-0.2, 0) is 19.1 Å². The number of hydrogen-bond acceptors (Lipinski definition) is 5. The van der Waals surface area contributed by atoms with E-state index >= 15 is 0 Å². The van der Waals surface area contributed by atoms with Gasteiger partial charge < -0.3 is 10.5 Å². The molecule has 5 nitrogen and oxygen atoms in total. The first kappa shape index (κ1) is 14.8. The van der Waals surface area contributed by atoms with Gasteiger partial charge in [-0.25, -0.2) is 0 Å². The van der Waals surface area contributed by atoms with E-state index in [4.69, 9.17) is 5.73 Å². The number of hydrogen-bond donors (Lipinski definition) is 1. The summed E-state index contributed by atoms with van der Waals surface area (Å²) in [5.41, 5.74) is 5.57. The molecule has 0 aromatic heterocycles. The number of methoxy groups -OCH3 is 1. The lowest BCUT2D eigenvalue weighted by atomic mass is 9.95. The van der Waals surface area contributed by atoms with E-state index in [0.29, 0.717) is 12.8 Å². The maximum Gasteiger partial charge on any atom is 0.322 e. The first-order valence-electron chi connectivity index (χ1n) is 5.25. The van der Waals surface area contributed by atoms with Crippen molar-refractivity contribution in [2.24, 2.45) is 11.7 Å². The van der Waals surface area contributed by atoms with Gasteiger partial charge in [0.1, 0.15) is 6.04 Å². The van der Waals surface area contributed by atoms with Crippen molar-refractivity contribution >= 4 is 17.5 Å². The van der Waals surface area contributed by atoms with Gasteiger partial charge >= 0.3 is 5.97 Å². The largest absolute Gasteiger partial charge is 0.468 e. The molecular weight excluding hydrogens is 210 g/mol. The van der Waals surface area contributed by atoms with Crippen LogP contribution < -0.4 is 5.73 Å². The van der Waals surface area contributed by atoms with Crippen molar-refractivity contribution in [2.75, 3.05) is 7.11 Å². The Morgan fingerprint density at radius 3 is 2.31 bits per heavy atom. The van der Waals surface area contributed by atoms with Gasteiger partial charge in [-0.1, -0.05) is 6.92 Å². The summed E-state index contributed by atoms with van der Waals surface area (Å²) in [4.78, 5) is 32.8. The summed E-state index contributed by atoms with van der Waals surface area (Å²) in [5, 5.41) is 0. The number of nitrogens with two attached hydrogens (primary N) is 1. The maximum atomic E-state index is 11.1. The molecule has 0 saturated heterocycles. The van der Waals surface area contributed by atoms with E-state index in [0.717, 1.165) is 0 Å². The number of esters is 1. The highest BCUT2D eigenvalue weighted by Crippen LogP contribution is 2.13. The minimum Gasteiger partial charge on any atom is -0.468 e. The minimum absolute atomic E-state index is 0.109. The second-order valence-electron chi connectivity index (χ2n) is 3.99. The van der Waals surface area contributed by atoms with Crippen LogP contribution in [0.5, 0.6) is 0 Å². The highest BCUT2D eigenvalue weighted by Gasteiger charge is 2.18. The smallest absolute Gasteiger partial charge is 0.322 e. The van der Waals surface area contributed by atoms with Crippen LogP contribution in [0.1, 0.15) is 33.1 Å². The summed E-state index contributed by atoms with van der Waals surface area (Å²) >= 11 is 0. The second kappa shape index (κ2) is 7.11. The lowest BCUT2D eigenvalue weighted by Gasteiger charge is -2.14. The van der Waals surface area contributed by atoms with Crippen LogP contribution in [0, 0.1) is 5.92 Å². The third kappa shape index (κ3) is 5.60. The molecule has 0 amide bonds. The van der Waals surface area contributed by atoms with Crippen molar-refractivity contribution < 1.29 is 19.1 Å². The van der Waals surface area contributed by atoms with E-state index < -0.39 is 17.8 Å². The normalized spacial score (nSPS) is 14.0. The predicted octanol–water partition coefficient (Wildman–Crippen LogP) is 0.451. The molecule has 0 aromatic rings. The summed E-state index contributed by atoms with van der Waals surface area (Å²) in [6, 6.07) is -0.660. The molecule has 0 saturated carbocycles. The van der Waals surface area contributed by atoms with Crippen molar-refractivity contribution in [1.82, 2.24) is 0 Å². The number of rotatable bonds is 7. The summed E-state index contributed by atoms with van der Waals surface area (Å²) in [6.07, 6.45) is 1.23. The first-order valence-corrected chi connectivity index (χ1v) is 5.25. The summed E-state index contributed by atoms with van der Waals surface area (Å²) in [7, 11) is 1.28. The van der Waals surface area contributed by atoms with Gasteiger partial charge in [-0.05, 0) is 18.8 Å². The van der Waals surface area contributed by atoms with Gasteiger partial charge in [0, 0.05) is 13.3 Å². The molecule has 0 radical (unpaired) electrons. The van der Waals surface area contributed by atoms with E-state index in [1.165, 1.54) is 14.0 Å². The molecule has 16 heavy (non-hydrogen) atoms. The van der Waals surface area contributed by atoms with E-state index in [-0.39, 0.29) is 18.1 Å². The molecule has 0 heterocycles. The molecule has 2 unspecified atom stereocenters. The highest BCUT2D eigenvalue weighted by atomic mass is 16.5. The van der Waals surface area contributed by atoms with Crippen LogP contribution in [0.25, 0.3) is 0 Å². The lowest BCUT2D eigenvalue weighted by molar-refractivity contribution is -0.142. The molecule has 0 rings (SSSR count). The Morgan fingerprint density at radius 2 is 1.88 bits per heavy atom. The minimum atomic E-state index is -0.660. The van der Waals surface area contributed by atoms with E-state index in [2.05, 4.69) is 4.74 Å². The van der Waals surface area contributed by atoms with Crippen LogP contribution in [0.15, 0.2) is 0 Å². The van der Waals surface area contributed by atoms with Crippen LogP contribution in [-0.4, -0.2) is 30.7 Å². The third-order valence-electron chi connectivity index (χ3n) is 2.42. The summed E-state index contributed by atoms with van der Waals surface area (Å²) in [6.45, 7) is 3.14. The van der Waals surface area contributed by atoms with Crippen molar-refractivity contribution in [3.63, 3.8) is 0 Å². The zero-order chi connectivity index (χ0) is 12.7. The van der Waals surface area contributed by atoms with Crippen LogP contribution in [0.2, 0.25) is 0 Å². The Bertz CT molecular complexity index is 275.